The minimum Gasteiger partial charge on any atom is -0.306 e. The number of anilines is 3. The van der Waals surface area contributed by atoms with Crippen LogP contribution in [0, 0.1) is 0 Å². The summed E-state index contributed by atoms with van der Waals surface area (Å²) in [6.07, 6.45) is 0. The van der Waals surface area contributed by atoms with Crippen LogP contribution in [0.4, 0.5) is 17.1 Å². The molecular formula is C35H21N3. The molecule has 9 rings (SSSR count). The number of hydrogen-bond acceptors (Lipinski definition) is 2. The summed E-state index contributed by atoms with van der Waals surface area (Å²) in [5.41, 5.74) is 13.1. The molecule has 0 saturated carbocycles. The molecule has 0 amide bonds. The first kappa shape index (κ1) is 20.0. The molecule has 3 nitrogen and oxygen atoms in total. The smallest absolute Gasteiger partial charge is 0.146 e. The zero-order chi connectivity index (χ0) is 24.8. The van der Waals surface area contributed by atoms with Crippen molar-refractivity contribution in [2.45, 2.75) is 0 Å². The van der Waals surface area contributed by atoms with Crippen molar-refractivity contribution in [3.63, 3.8) is 0 Å². The third kappa shape index (κ3) is 2.45. The van der Waals surface area contributed by atoms with Crippen LogP contribution in [0.15, 0.2) is 127 Å². The molecule has 0 N–H and O–H groups in total. The van der Waals surface area contributed by atoms with E-state index in [0.717, 1.165) is 45.2 Å². The van der Waals surface area contributed by atoms with E-state index in [-0.39, 0.29) is 0 Å². The van der Waals surface area contributed by atoms with Gasteiger partial charge in [-0.1, -0.05) is 84.9 Å². The van der Waals surface area contributed by atoms with Gasteiger partial charge in [-0.25, -0.2) is 4.98 Å². The SMILES string of the molecule is c1ccc(N2c3ccccc3-n3c(-c4ccc5c6c(cccc46)-c4ccccc4-5)nc4cccc2c43)cc1. The third-order valence-corrected chi connectivity index (χ3v) is 8.06. The van der Waals surface area contributed by atoms with Gasteiger partial charge in [-0.15, -0.1) is 0 Å². The largest absolute Gasteiger partial charge is 0.306 e. The molecule has 3 heteroatoms. The monoisotopic (exact) mass is 483 g/mol. The van der Waals surface area contributed by atoms with E-state index in [4.69, 9.17) is 4.98 Å². The maximum absolute atomic E-state index is 5.30. The summed E-state index contributed by atoms with van der Waals surface area (Å²) in [6, 6.07) is 45.7. The van der Waals surface area contributed by atoms with Crippen LogP contribution in [-0.4, -0.2) is 9.55 Å². The summed E-state index contributed by atoms with van der Waals surface area (Å²) in [4.78, 5) is 7.65. The highest BCUT2D eigenvalue weighted by molar-refractivity contribution is 6.19. The fraction of sp³-hybridized carbons (Fsp3) is 0. The van der Waals surface area contributed by atoms with Gasteiger partial charge in [0.25, 0.3) is 0 Å². The van der Waals surface area contributed by atoms with E-state index in [1.807, 2.05) is 0 Å². The number of hydrogen-bond donors (Lipinski definition) is 0. The number of imidazole rings is 1. The topological polar surface area (TPSA) is 21.1 Å². The minimum absolute atomic E-state index is 0.979. The van der Waals surface area contributed by atoms with E-state index in [9.17, 15) is 0 Å². The maximum atomic E-state index is 5.30. The van der Waals surface area contributed by atoms with Crippen LogP contribution in [-0.2, 0) is 0 Å². The van der Waals surface area contributed by atoms with Gasteiger partial charge in [0, 0.05) is 11.3 Å². The fourth-order valence-electron chi connectivity index (χ4n) is 6.54. The van der Waals surface area contributed by atoms with Crippen molar-refractivity contribution in [1.29, 1.82) is 0 Å². The lowest BCUT2D eigenvalue weighted by Crippen LogP contribution is -2.18. The molecule has 7 aromatic rings. The number of aromatic nitrogens is 2. The average Bonchev–Trinajstić information content (AvgIpc) is 3.53. The van der Waals surface area contributed by atoms with Gasteiger partial charge in [0.05, 0.1) is 28.1 Å². The van der Waals surface area contributed by atoms with Crippen LogP contribution in [0.1, 0.15) is 0 Å². The van der Waals surface area contributed by atoms with Crippen LogP contribution < -0.4 is 4.90 Å². The molecule has 1 aliphatic heterocycles. The van der Waals surface area contributed by atoms with Crippen molar-refractivity contribution in [1.82, 2.24) is 9.55 Å². The Hall–Kier alpha value is -5.15. The van der Waals surface area contributed by atoms with Gasteiger partial charge in [-0.3, -0.25) is 4.57 Å². The van der Waals surface area contributed by atoms with Crippen molar-refractivity contribution in [3.05, 3.63) is 127 Å². The zero-order valence-electron chi connectivity index (χ0n) is 20.5. The number of fused-ring (bicyclic) bond motifs is 5. The number of para-hydroxylation sites is 4. The van der Waals surface area contributed by atoms with Crippen LogP contribution in [0.2, 0.25) is 0 Å². The number of benzene rings is 6. The van der Waals surface area contributed by atoms with Crippen LogP contribution in [0.3, 0.4) is 0 Å². The van der Waals surface area contributed by atoms with E-state index in [1.165, 1.54) is 33.0 Å². The van der Waals surface area contributed by atoms with E-state index in [2.05, 4.69) is 137 Å². The second-order valence-corrected chi connectivity index (χ2v) is 10.0. The van der Waals surface area contributed by atoms with Gasteiger partial charge in [-0.2, -0.15) is 0 Å². The summed E-state index contributed by atoms with van der Waals surface area (Å²) in [6.45, 7) is 0. The second-order valence-electron chi connectivity index (χ2n) is 10.0. The van der Waals surface area contributed by atoms with Gasteiger partial charge in [0.1, 0.15) is 5.82 Å². The number of rotatable bonds is 2. The first-order valence-electron chi connectivity index (χ1n) is 13.0. The van der Waals surface area contributed by atoms with Gasteiger partial charge < -0.3 is 4.90 Å². The Balaban J connectivity index is 1.38. The Kier molecular flexibility index (Phi) is 3.79. The molecule has 2 heterocycles. The Morgan fingerprint density at radius 2 is 1.08 bits per heavy atom. The van der Waals surface area contributed by atoms with Crippen LogP contribution >= 0.6 is 0 Å². The normalized spacial score (nSPS) is 12.7. The first-order chi connectivity index (χ1) is 18.9. The van der Waals surface area contributed by atoms with E-state index in [0.29, 0.717) is 0 Å². The van der Waals surface area contributed by atoms with Crippen LogP contribution in [0.25, 0.3) is 61.1 Å². The molecule has 0 radical (unpaired) electrons. The molecule has 2 aliphatic rings. The molecule has 0 bridgehead atoms. The van der Waals surface area contributed by atoms with E-state index in [1.54, 1.807) is 0 Å². The Bertz CT molecular complexity index is 2060. The molecular weight excluding hydrogens is 462 g/mol. The third-order valence-electron chi connectivity index (χ3n) is 8.06. The lowest BCUT2D eigenvalue weighted by Gasteiger charge is -2.33. The first-order valence-corrected chi connectivity index (χ1v) is 13.0. The van der Waals surface area contributed by atoms with Crippen molar-refractivity contribution in [3.8, 4) is 39.3 Å². The van der Waals surface area contributed by atoms with E-state index >= 15 is 0 Å². The molecule has 38 heavy (non-hydrogen) atoms. The molecule has 176 valence electrons. The summed E-state index contributed by atoms with van der Waals surface area (Å²) in [5.74, 6) is 0.979. The van der Waals surface area contributed by atoms with Crippen molar-refractivity contribution in [2.24, 2.45) is 0 Å². The molecule has 1 aliphatic carbocycles. The van der Waals surface area contributed by atoms with Crippen molar-refractivity contribution >= 4 is 38.9 Å². The Morgan fingerprint density at radius 1 is 0.447 bits per heavy atom. The summed E-state index contributed by atoms with van der Waals surface area (Å²) in [7, 11) is 0. The molecule has 0 saturated heterocycles. The zero-order valence-corrected chi connectivity index (χ0v) is 20.5. The highest BCUT2D eigenvalue weighted by Crippen LogP contribution is 2.51. The Morgan fingerprint density at radius 3 is 1.92 bits per heavy atom. The molecule has 0 fully saturated rings. The predicted octanol–water partition coefficient (Wildman–Crippen LogP) is 9.28. The standard InChI is InChI=1S/C35H21N3/c1-2-10-22(11-3-1)37-30-17-6-7-18-31(30)38-34-29(16-9-19-32(34)37)36-35(38)28-21-20-27-24-13-5-4-12-23(24)25-14-8-15-26(28)33(25)27/h1-21H. The minimum atomic E-state index is 0.979. The van der Waals surface area contributed by atoms with Crippen molar-refractivity contribution in [2.75, 3.05) is 4.90 Å². The highest BCUT2D eigenvalue weighted by Gasteiger charge is 2.30. The molecule has 0 spiro atoms. The summed E-state index contributed by atoms with van der Waals surface area (Å²) >= 11 is 0. The quantitative estimate of drug-likeness (QED) is 0.244. The predicted molar refractivity (Wildman–Crippen MR) is 157 cm³/mol. The van der Waals surface area contributed by atoms with Gasteiger partial charge in [0.2, 0.25) is 0 Å². The van der Waals surface area contributed by atoms with Gasteiger partial charge in [0.15, 0.2) is 0 Å². The fourth-order valence-corrected chi connectivity index (χ4v) is 6.54. The summed E-state index contributed by atoms with van der Waals surface area (Å²) in [5, 5.41) is 2.56. The van der Waals surface area contributed by atoms with Gasteiger partial charge >= 0.3 is 0 Å². The number of nitrogens with zero attached hydrogens (tertiary/aromatic N) is 3. The molecule has 0 unspecified atom stereocenters. The lowest BCUT2D eigenvalue weighted by atomic mass is 9.98. The van der Waals surface area contributed by atoms with Gasteiger partial charge in [-0.05, 0) is 75.5 Å². The molecule has 0 atom stereocenters. The average molecular weight is 484 g/mol. The molecule has 1 aromatic heterocycles. The Labute approximate surface area is 219 Å². The second kappa shape index (κ2) is 7.21. The van der Waals surface area contributed by atoms with Crippen LogP contribution in [0.5, 0.6) is 0 Å². The molecule has 6 aromatic carbocycles. The summed E-state index contributed by atoms with van der Waals surface area (Å²) < 4.78 is 2.37. The van der Waals surface area contributed by atoms with E-state index < -0.39 is 0 Å². The highest BCUT2D eigenvalue weighted by atomic mass is 15.2. The van der Waals surface area contributed by atoms with Crippen molar-refractivity contribution < 1.29 is 0 Å². The maximum Gasteiger partial charge on any atom is 0.146 e. The lowest BCUT2D eigenvalue weighted by molar-refractivity contribution is 1.07.